The molecule has 24 heavy (non-hydrogen) atoms. The third kappa shape index (κ3) is 5.55. The van der Waals surface area contributed by atoms with Crippen LogP contribution < -0.4 is 10.2 Å². The molecule has 1 heterocycles. The van der Waals surface area contributed by atoms with Crippen LogP contribution in [0.25, 0.3) is 0 Å². The summed E-state index contributed by atoms with van der Waals surface area (Å²) in [4.78, 5) is 27.8. The summed E-state index contributed by atoms with van der Waals surface area (Å²) in [6.45, 7) is 9.07. The van der Waals surface area contributed by atoms with Gasteiger partial charge in [-0.05, 0) is 43.0 Å². The number of hydrogen-bond acceptors (Lipinski definition) is 3. The molecule has 0 radical (unpaired) electrons. The molecular weight excluding hydrogens is 302 g/mol. The Balaban J connectivity index is 1.82. The molecule has 5 nitrogen and oxygen atoms in total. The molecule has 1 N–H and O–H groups in total. The van der Waals surface area contributed by atoms with Crippen LogP contribution in [0.2, 0.25) is 0 Å². The quantitative estimate of drug-likeness (QED) is 0.835. The van der Waals surface area contributed by atoms with Crippen molar-refractivity contribution in [2.75, 3.05) is 36.4 Å². The average molecular weight is 331 g/mol. The van der Waals surface area contributed by atoms with Crippen molar-refractivity contribution in [2.24, 2.45) is 5.92 Å². The average Bonchev–Trinajstić information content (AvgIpc) is 3.06. The molecule has 2 amide bonds. The summed E-state index contributed by atoms with van der Waals surface area (Å²) >= 11 is 0. The zero-order chi connectivity index (χ0) is 17.5. The number of carbonyl (C=O) groups is 2. The number of anilines is 2. The summed E-state index contributed by atoms with van der Waals surface area (Å²) in [5.74, 6) is 0.362. The molecule has 0 atom stereocenters. The summed E-state index contributed by atoms with van der Waals surface area (Å²) in [5, 5.41) is 2.91. The van der Waals surface area contributed by atoms with Crippen LogP contribution in [0.4, 0.5) is 11.4 Å². The molecule has 1 aliphatic heterocycles. The maximum absolute atomic E-state index is 12.1. The van der Waals surface area contributed by atoms with Gasteiger partial charge in [0.1, 0.15) is 0 Å². The van der Waals surface area contributed by atoms with E-state index in [1.54, 1.807) is 11.8 Å². The standard InChI is InChI=1S/C19H29N3O2/c1-15(2)14-22(16(3)23)13-10-19(24)20-17-6-8-18(9-7-17)21-11-4-5-12-21/h6-9,15H,4-5,10-14H2,1-3H3,(H,20,24). The summed E-state index contributed by atoms with van der Waals surface area (Å²) in [6.07, 6.45) is 2.82. The second kappa shape index (κ2) is 8.71. The fourth-order valence-corrected chi connectivity index (χ4v) is 3.01. The van der Waals surface area contributed by atoms with E-state index in [-0.39, 0.29) is 11.8 Å². The van der Waals surface area contributed by atoms with Gasteiger partial charge in [-0.2, -0.15) is 0 Å². The van der Waals surface area contributed by atoms with Crippen LogP contribution in [0.5, 0.6) is 0 Å². The maximum Gasteiger partial charge on any atom is 0.226 e. The molecule has 0 saturated carbocycles. The zero-order valence-electron chi connectivity index (χ0n) is 15.0. The Kier molecular flexibility index (Phi) is 6.64. The molecule has 0 spiro atoms. The van der Waals surface area contributed by atoms with Crippen LogP contribution in [0.15, 0.2) is 24.3 Å². The lowest BCUT2D eigenvalue weighted by atomic mass is 10.2. The maximum atomic E-state index is 12.1. The molecule has 1 aromatic carbocycles. The molecular formula is C19H29N3O2. The predicted molar refractivity (Wildman–Crippen MR) is 98.2 cm³/mol. The molecule has 132 valence electrons. The normalized spacial score (nSPS) is 14.1. The first-order valence-electron chi connectivity index (χ1n) is 8.86. The number of carbonyl (C=O) groups excluding carboxylic acids is 2. The van der Waals surface area contributed by atoms with E-state index in [4.69, 9.17) is 0 Å². The molecule has 1 aliphatic rings. The number of nitrogens with zero attached hydrogens (tertiary/aromatic N) is 2. The molecule has 0 unspecified atom stereocenters. The first-order valence-corrected chi connectivity index (χ1v) is 8.86. The van der Waals surface area contributed by atoms with Gasteiger partial charge in [-0.1, -0.05) is 13.8 Å². The largest absolute Gasteiger partial charge is 0.372 e. The van der Waals surface area contributed by atoms with Gasteiger partial charge >= 0.3 is 0 Å². The lowest BCUT2D eigenvalue weighted by Gasteiger charge is -2.22. The Morgan fingerprint density at radius 2 is 1.79 bits per heavy atom. The second-order valence-electron chi connectivity index (χ2n) is 6.90. The van der Waals surface area contributed by atoms with E-state index < -0.39 is 0 Å². The molecule has 1 aromatic rings. The minimum atomic E-state index is -0.0565. The highest BCUT2D eigenvalue weighted by Crippen LogP contribution is 2.22. The lowest BCUT2D eigenvalue weighted by molar-refractivity contribution is -0.129. The van der Waals surface area contributed by atoms with Crippen molar-refractivity contribution in [3.63, 3.8) is 0 Å². The molecule has 2 rings (SSSR count). The van der Waals surface area contributed by atoms with Crippen molar-refractivity contribution in [2.45, 2.75) is 40.0 Å². The van der Waals surface area contributed by atoms with E-state index in [1.807, 2.05) is 12.1 Å². The van der Waals surface area contributed by atoms with E-state index >= 15 is 0 Å². The number of hydrogen-bond donors (Lipinski definition) is 1. The minimum absolute atomic E-state index is 0.0199. The van der Waals surface area contributed by atoms with Gasteiger partial charge < -0.3 is 15.1 Å². The minimum Gasteiger partial charge on any atom is -0.372 e. The fourth-order valence-electron chi connectivity index (χ4n) is 3.01. The third-order valence-corrected chi connectivity index (χ3v) is 4.26. The topological polar surface area (TPSA) is 52.7 Å². The number of rotatable bonds is 7. The van der Waals surface area contributed by atoms with Gasteiger partial charge in [0.25, 0.3) is 0 Å². The monoisotopic (exact) mass is 331 g/mol. The van der Waals surface area contributed by atoms with Crippen molar-refractivity contribution >= 4 is 23.2 Å². The first kappa shape index (κ1) is 18.3. The Labute approximate surface area is 145 Å². The van der Waals surface area contributed by atoms with Crippen LogP contribution >= 0.6 is 0 Å². The Bertz CT molecular complexity index is 548. The van der Waals surface area contributed by atoms with E-state index in [2.05, 4.69) is 36.2 Å². The van der Waals surface area contributed by atoms with Crippen LogP contribution in [0.3, 0.4) is 0 Å². The van der Waals surface area contributed by atoms with Crippen molar-refractivity contribution in [3.05, 3.63) is 24.3 Å². The molecule has 1 saturated heterocycles. The van der Waals surface area contributed by atoms with Gasteiger partial charge in [-0.15, -0.1) is 0 Å². The zero-order valence-corrected chi connectivity index (χ0v) is 15.0. The van der Waals surface area contributed by atoms with E-state index in [1.165, 1.54) is 18.5 Å². The Hall–Kier alpha value is -2.04. The number of amides is 2. The predicted octanol–water partition coefficient (Wildman–Crippen LogP) is 3.12. The van der Waals surface area contributed by atoms with Gasteiger partial charge in [-0.3, -0.25) is 9.59 Å². The molecule has 1 fully saturated rings. The highest BCUT2D eigenvalue weighted by Gasteiger charge is 2.14. The van der Waals surface area contributed by atoms with Crippen LogP contribution in [0.1, 0.15) is 40.0 Å². The smallest absolute Gasteiger partial charge is 0.226 e. The van der Waals surface area contributed by atoms with Gasteiger partial charge in [0.05, 0.1) is 0 Å². The van der Waals surface area contributed by atoms with E-state index in [0.717, 1.165) is 18.8 Å². The summed E-state index contributed by atoms with van der Waals surface area (Å²) in [7, 11) is 0. The number of nitrogens with one attached hydrogen (secondary N) is 1. The Morgan fingerprint density at radius 1 is 1.17 bits per heavy atom. The van der Waals surface area contributed by atoms with Gasteiger partial charge in [-0.25, -0.2) is 0 Å². The first-order chi connectivity index (χ1) is 11.5. The van der Waals surface area contributed by atoms with Crippen LogP contribution in [-0.4, -0.2) is 42.9 Å². The van der Waals surface area contributed by atoms with Crippen molar-refractivity contribution < 1.29 is 9.59 Å². The van der Waals surface area contributed by atoms with Gasteiger partial charge in [0.2, 0.25) is 11.8 Å². The van der Waals surface area contributed by atoms with E-state index in [9.17, 15) is 9.59 Å². The van der Waals surface area contributed by atoms with Crippen LogP contribution in [0, 0.1) is 5.92 Å². The number of benzene rings is 1. The van der Waals surface area contributed by atoms with Gasteiger partial charge in [0, 0.05) is 50.9 Å². The lowest BCUT2D eigenvalue weighted by Crippen LogP contribution is -2.34. The molecule has 5 heteroatoms. The molecule has 0 bridgehead atoms. The molecule has 0 aromatic heterocycles. The van der Waals surface area contributed by atoms with E-state index in [0.29, 0.717) is 25.4 Å². The second-order valence-corrected chi connectivity index (χ2v) is 6.90. The van der Waals surface area contributed by atoms with Gasteiger partial charge in [0.15, 0.2) is 0 Å². The fraction of sp³-hybridized carbons (Fsp3) is 0.579. The third-order valence-electron chi connectivity index (χ3n) is 4.26. The SMILES string of the molecule is CC(=O)N(CCC(=O)Nc1ccc(N2CCCC2)cc1)CC(C)C. The van der Waals surface area contributed by atoms with Crippen molar-refractivity contribution in [3.8, 4) is 0 Å². The molecule has 0 aliphatic carbocycles. The summed E-state index contributed by atoms with van der Waals surface area (Å²) in [5.41, 5.74) is 2.02. The Morgan fingerprint density at radius 3 is 2.33 bits per heavy atom. The van der Waals surface area contributed by atoms with Crippen molar-refractivity contribution in [1.29, 1.82) is 0 Å². The summed E-state index contributed by atoms with van der Waals surface area (Å²) in [6, 6.07) is 8.01. The van der Waals surface area contributed by atoms with Crippen LogP contribution in [-0.2, 0) is 9.59 Å². The highest BCUT2D eigenvalue weighted by molar-refractivity contribution is 5.91. The van der Waals surface area contributed by atoms with Crippen molar-refractivity contribution in [1.82, 2.24) is 4.90 Å². The summed E-state index contributed by atoms with van der Waals surface area (Å²) < 4.78 is 0. The highest BCUT2D eigenvalue weighted by atomic mass is 16.2.